The SMILES string of the molecule is CCNC(=O)C(Cc1ccccc1)N(Cc1ccc(F)cc1)C(=O)CN(c1ccc(Oc2ccccc2)cc1)S(=O)(=O)c1ccc(C)cc1. The van der Waals surface area contributed by atoms with E-state index in [-0.39, 0.29) is 23.5 Å². The summed E-state index contributed by atoms with van der Waals surface area (Å²) < 4.78 is 49.4. The number of hydrogen-bond donors (Lipinski definition) is 1. The highest BCUT2D eigenvalue weighted by atomic mass is 32.2. The third-order valence-electron chi connectivity index (χ3n) is 7.88. The lowest BCUT2D eigenvalue weighted by atomic mass is 10.0. The molecule has 0 aliphatic heterocycles. The molecule has 0 aliphatic carbocycles. The van der Waals surface area contributed by atoms with E-state index in [4.69, 9.17) is 4.74 Å². The number of amides is 2. The number of halogens is 1. The van der Waals surface area contributed by atoms with Crippen LogP contribution < -0.4 is 14.4 Å². The van der Waals surface area contributed by atoms with Gasteiger partial charge in [-0.3, -0.25) is 13.9 Å². The molecule has 0 fully saturated rings. The van der Waals surface area contributed by atoms with E-state index in [1.807, 2.05) is 55.5 Å². The lowest BCUT2D eigenvalue weighted by Gasteiger charge is -2.34. The monoisotopic (exact) mass is 679 g/mol. The molecule has 0 spiro atoms. The summed E-state index contributed by atoms with van der Waals surface area (Å²) in [6, 6.07) is 35.9. The van der Waals surface area contributed by atoms with Crippen LogP contribution in [0.5, 0.6) is 11.5 Å². The predicted molar refractivity (Wildman–Crippen MR) is 188 cm³/mol. The minimum atomic E-state index is -4.27. The Morgan fingerprint density at radius 2 is 1.35 bits per heavy atom. The van der Waals surface area contributed by atoms with Gasteiger partial charge in [0, 0.05) is 19.5 Å². The van der Waals surface area contributed by atoms with Gasteiger partial charge in [0.25, 0.3) is 10.0 Å². The molecule has 252 valence electrons. The van der Waals surface area contributed by atoms with Crippen LogP contribution in [-0.4, -0.2) is 44.3 Å². The van der Waals surface area contributed by atoms with Gasteiger partial charge in [0.1, 0.15) is 29.9 Å². The molecule has 1 unspecified atom stereocenters. The zero-order valence-corrected chi connectivity index (χ0v) is 28.1. The molecule has 10 heteroatoms. The molecule has 8 nitrogen and oxygen atoms in total. The third kappa shape index (κ3) is 9.11. The van der Waals surface area contributed by atoms with Crippen molar-refractivity contribution >= 4 is 27.5 Å². The van der Waals surface area contributed by atoms with E-state index in [9.17, 15) is 22.4 Å². The average Bonchev–Trinajstić information content (AvgIpc) is 3.11. The van der Waals surface area contributed by atoms with Gasteiger partial charge >= 0.3 is 0 Å². The highest BCUT2D eigenvalue weighted by Crippen LogP contribution is 2.29. The van der Waals surface area contributed by atoms with Gasteiger partial charge in [-0.1, -0.05) is 78.4 Å². The van der Waals surface area contributed by atoms with Crippen molar-refractivity contribution in [2.24, 2.45) is 0 Å². The molecular weight excluding hydrogens is 642 g/mol. The van der Waals surface area contributed by atoms with Gasteiger partial charge in [0.2, 0.25) is 11.8 Å². The van der Waals surface area contributed by atoms with Crippen LogP contribution in [0.1, 0.15) is 23.6 Å². The normalized spacial score (nSPS) is 11.7. The largest absolute Gasteiger partial charge is 0.457 e. The molecule has 5 aromatic carbocycles. The van der Waals surface area contributed by atoms with Crippen molar-refractivity contribution in [3.05, 3.63) is 156 Å². The van der Waals surface area contributed by atoms with Crippen LogP contribution in [0, 0.1) is 12.7 Å². The van der Waals surface area contributed by atoms with E-state index in [0.29, 0.717) is 23.6 Å². The van der Waals surface area contributed by atoms with Crippen molar-refractivity contribution in [3.8, 4) is 11.5 Å². The number of hydrogen-bond acceptors (Lipinski definition) is 5. The Bertz CT molecular complexity index is 1940. The van der Waals surface area contributed by atoms with Crippen LogP contribution >= 0.6 is 0 Å². The Morgan fingerprint density at radius 3 is 1.96 bits per heavy atom. The molecule has 0 bridgehead atoms. The first-order chi connectivity index (χ1) is 23.6. The summed E-state index contributed by atoms with van der Waals surface area (Å²) in [4.78, 5) is 29.5. The van der Waals surface area contributed by atoms with E-state index in [1.165, 1.54) is 29.2 Å². The Hall–Kier alpha value is -5.48. The number of likely N-dealkylation sites (N-methyl/N-ethyl adjacent to an activating group) is 1. The van der Waals surface area contributed by atoms with Gasteiger partial charge in [-0.05, 0) is 85.6 Å². The maximum absolute atomic E-state index is 14.5. The van der Waals surface area contributed by atoms with E-state index in [0.717, 1.165) is 15.4 Å². The summed E-state index contributed by atoms with van der Waals surface area (Å²) in [6.07, 6.45) is 0.176. The number of para-hydroxylation sites is 1. The standard InChI is InChI=1S/C39H38FN3O5S/c1-3-41-39(45)37(26-30-10-6-4-7-11-30)42(27-31-16-18-32(40)19-17-31)38(44)28-43(49(46,47)36-24-14-29(2)15-25-36)33-20-22-35(23-21-33)48-34-12-8-5-9-13-34/h4-25,37H,3,26-28H2,1-2H3,(H,41,45). The average molecular weight is 680 g/mol. The summed E-state index contributed by atoms with van der Waals surface area (Å²) in [7, 11) is -4.27. The molecule has 1 N–H and O–H groups in total. The minimum absolute atomic E-state index is 0.00478. The number of carbonyl (C=O) groups excluding carboxylic acids is 2. The molecule has 0 aromatic heterocycles. The highest BCUT2D eigenvalue weighted by molar-refractivity contribution is 7.92. The van der Waals surface area contributed by atoms with Crippen molar-refractivity contribution in [1.29, 1.82) is 0 Å². The number of nitrogens with zero attached hydrogens (tertiary/aromatic N) is 2. The zero-order chi connectivity index (χ0) is 34.8. The Kier molecular flexibility index (Phi) is 11.4. The number of ether oxygens (including phenoxy) is 1. The summed E-state index contributed by atoms with van der Waals surface area (Å²) in [5.74, 6) is -0.359. The molecule has 2 amide bonds. The van der Waals surface area contributed by atoms with Crippen LogP contribution in [0.4, 0.5) is 10.1 Å². The van der Waals surface area contributed by atoms with Crippen molar-refractivity contribution in [3.63, 3.8) is 0 Å². The van der Waals surface area contributed by atoms with Gasteiger partial charge in [-0.2, -0.15) is 0 Å². The second-order valence-corrected chi connectivity index (χ2v) is 13.3. The van der Waals surface area contributed by atoms with Gasteiger partial charge in [-0.25, -0.2) is 12.8 Å². The van der Waals surface area contributed by atoms with E-state index in [1.54, 1.807) is 67.6 Å². The van der Waals surface area contributed by atoms with Gasteiger partial charge in [0.15, 0.2) is 0 Å². The quantitative estimate of drug-likeness (QED) is 0.138. The lowest BCUT2D eigenvalue weighted by Crippen LogP contribution is -2.53. The lowest BCUT2D eigenvalue weighted by molar-refractivity contribution is -0.140. The van der Waals surface area contributed by atoms with Crippen LogP contribution in [0.25, 0.3) is 0 Å². The molecule has 49 heavy (non-hydrogen) atoms. The number of benzene rings is 5. The topological polar surface area (TPSA) is 96.0 Å². The number of rotatable bonds is 14. The van der Waals surface area contributed by atoms with Crippen molar-refractivity contribution in [1.82, 2.24) is 10.2 Å². The van der Waals surface area contributed by atoms with E-state index < -0.39 is 40.2 Å². The molecule has 0 saturated heterocycles. The third-order valence-corrected chi connectivity index (χ3v) is 9.67. The maximum Gasteiger partial charge on any atom is 0.264 e. The van der Waals surface area contributed by atoms with Crippen LogP contribution in [0.15, 0.2) is 138 Å². The van der Waals surface area contributed by atoms with Crippen molar-refractivity contribution in [2.75, 3.05) is 17.4 Å². The Labute approximate surface area is 286 Å². The van der Waals surface area contributed by atoms with Crippen molar-refractivity contribution < 1.29 is 27.1 Å². The molecule has 0 radical (unpaired) electrons. The molecule has 5 rings (SSSR count). The predicted octanol–water partition coefficient (Wildman–Crippen LogP) is 6.90. The number of aryl methyl sites for hydroxylation is 1. The van der Waals surface area contributed by atoms with Gasteiger partial charge in [0.05, 0.1) is 10.6 Å². The fraction of sp³-hybridized carbons (Fsp3) is 0.179. The molecule has 0 heterocycles. The smallest absolute Gasteiger partial charge is 0.264 e. The number of nitrogens with one attached hydrogen (secondary N) is 1. The van der Waals surface area contributed by atoms with E-state index in [2.05, 4.69) is 5.32 Å². The number of anilines is 1. The molecule has 1 atom stereocenters. The fourth-order valence-corrected chi connectivity index (χ4v) is 6.72. The molecule has 0 saturated carbocycles. The van der Waals surface area contributed by atoms with Crippen LogP contribution in [0.2, 0.25) is 0 Å². The van der Waals surface area contributed by atoms with E-state index >= 15 is 0 Å². The zero-order valence-electron chi connectivity index (χ0n) is 27.3. The fourth-order valence-electron chi connectivity index (χ4n) is 5.30. The maximum atomic E-state index is 14.5. The molecular formula is C39H38FN3O5S. The minimum Gasteiger partial charge on any atom is -0.457 e. The van der Waals surface area contributed by atoms with Crippen LogP contribution in [-0.2, 0) is 32.6 Å². The van der Waals surface area contributed by atoms with Crippen LogP contribution in [0.3, 0.4) is 0 Å². The van der Waals surface area contributed by atoms with Gasteiger partial charge in [-0.15, -0.1) is 0 Å². The Morgan fingerprint density at radius 1 is 0.755 bits per heavy atom. The first-order valence-electron chi connectivity index (χ1n) is 15.9. The Balaban J connectivity index is 1.54. The summed E-state index contributed by atoms with van der Waals surface area (Å²) >= 11 is 0. The number of sulfonamides is 1. The number of carbonyl (C=O) groups is 2. The first-order valence-corrected chi connectivity index (χ1v) is 17.4. The summed E-state index contributed by atoms with van der Waals surface area (Å²) in [5, 5.41) is 2.83. The van der Waals surface area contributed by atoms with Gasteiger partial charge < -0.3 is 15.0 Å². The molecule has 0 aliphatic rings. The second kappa shape index (κ2) is 16.1. The summed E-state index contributed by atoms with van der Waals surface area (Å²) in [5.41, 5.74) is 2.50. The second-order valence-electron chi connectivity index (χ2n) is 11.5. The molecule has 5 aromatic rings. The highest BCUT2D eigenvalue weighted by Gasteiger charge is 2.34. The van der Waals surface area contributed by atoms with Crippen molar-refractivity contribution in [2.45, 2.75) is 37.8 Å². The first kappa shape index (κ1) is 34.8. The summed E-state index contributed by atoms with van der Waals surface area (Å²) in [6.45, 7) is 3.29.